The molecule has 0 saturated carbocycles. The fraction of sp³-hybridized carbons (Fsp3) is 0.318. The number of carbonyl (C=O) groups is 1. The summed E-state index contributed by atoms with van der Waals surface area (Å²) in [5.74, 6) is -0.506. The highest BCUT2D eigenvalue weighted by Gasteiger charge is 2.50. The average Bonchev–Trinajstić information content (AvgIpc) is 2.87. The number of halogens is 1. The number of ether oxygens (including phenoxy) is 2. The van der Waals surface area contributed by atoms with Crippen LogP contribution in [0.2, 0.25) is 5.02 Å². The summed E-state index contributed by atoms with van der Waals surface area (Å²) in [5.41, 5.74) is 3.88. The van der Waals surface area contributed by atoms with Crippen LogP contribution in [0, 0.1) is 13.8 Å². The summed E-state index contributed by atoms with van der Waals surface area (Å²) in [6.45, 7) is 4.78. The fourth-order valence-corrected chi connectivity index (χ4v) is 4.06. The van der Waals surface area contributed by atoms with E-state index in [0.29, 0.717) is 23.6 Å². The van der Waals surface area contributed by atoms with E-state index in [-0.39, 0.29) is 17.9 Å². The van der Waals surface area contributed by atoms with Crippen molar-refractivity contribution in [3.63, 3.8) is 0 Å². The summed E-state index contributed by atoms with van der Waals surface area (Å²) in [4.78, 5) is 12.7. The molecule has 1 atom stereocenters. The Morgan fingerprint density at radius 3 is 2.44 bits per heavy atom. The maximum Gasteiger partial charge on any atom is 0.343 e. The smallest absolute Gasteiger partial charge is 0.343 e. The molecule has 1 fully saturated rings. The molecular weight excluding hydrogens is 364 g/mol. The normalized spacial score (nSPS) is 22.4. The number of aliphatic hydroxyl groups excluding tert-OH is 1. The summed E-state index contributed by atoms with van der Waals surface area (Å²) < 4.78 is 11.1. The molecule has 27 heavy (non-hydrogen) atoms. The predicted octanol–water partition coefficient (Wildman–Crippen LogP) is 5.00. The van der Waals surface area contributed by atoms with Crippen LogP contribution in [0.15, 0.2) is 42.2 Å². The zero-order valence-corrected chi connectivity index (χ0v) is 16.1. The van der Waals surface area contributed by atoms with E-state index in [1.165, 1.54) is 0 Å². The first-order chi connectivity index (χ1) is 12.9. The highest BCUT2D eigenvalue weighted by molar-refractivity contribution is 6.30. The first-order valence-electron chi connectivity index (χ1n) is 9.04. The second-order valence-corrected chi connectivity index (χ2v) is 7.69. The second kappa shape index (κ2) is 6.70. The molecule has 0 aromatic heterocycles. The summed E-state index contributed by atoms with van der Waals surface area (Å²) >= 11 is 6.01. The van der Waals surface area contributed by atoms with Gasteiger partial charge in [0.05, 0.1) is 6.61 Å². The van der Waals surface area contributed by atoms with Gasteiger partial charge in [-0.05, 0) is 72.7 Å². The van der Waals surface area contributed by atoms with E-state index in [4.69, 9.17) is 21.1 Å². The van der Waals surface area contributed by atoms with Gasteiger partial charge in [-0.3, -0.25) is 0 Å². The van der Waals surface area contributed by atoms with Crippen molar-refractivity contribution in [2.75, 3.05) is 13.2 Å². The quantitative estimate of drug-likeness (QED) is 0.740. The Morgan fingerprint density at radius 1 is 1.07 bits per heavy atom. The Labute approximate surface area is 163 Å². The Balaban J connectivity index is 1.85. The van der Waals surface area contributed by atoms with Crippen molar-refractivity contribution in [3.8, 4) is 11.1 Å². The first kappa shape index (κ1) is 18.1. The second-order valence-electron chi connectivity index (χ2n) is 7.25. The minimum absolute atomic E-state index is 0.0128. The summed E-state index contributed by atoms with van der Waals surface area (Å²) in [7, 11) is 0. The van der Waals surface area contributed by atoms with E-state index in [0.717, 1.165) is 28.7 Å². The molecule has 5 heteroatoms. The number of hydrogen-bond donors (Lipinski definition) is 1. The van der Waals surface area contributed by atoms with Crippen LogP contribution >= 0.6 is 11.6 Å². The third-order valence-corrected chi connectivity index (χ3v) is 5.61. The van der Waals surface area contributed by atoms with Crippen molar-refractivity contribution in [1.29, 1.82) is 0 Å². The number of esters is 1. The lowest BCUT2D eigenvalue weighted by atomic mass is 9.88. The third kappa shape index (κ3) is 3.03. The third-order valence-electron chi connectivity index (χ3n) is 5.36. The zero-order chi connectivity index (χ0) is 19.2. The van der Waals surface area contributed by atoms with Gasteiger partial charge in [-0.15, -0.1) is 0 Å². The number of hydrogen-bond acceptors (Lipinski definition) is 4. The van der Waals surface area contributed by atoms with Gasteiger partial charge in [0.1, 0.15) is 5.57 Å². The average molecular weight is 385 g/mol. The molecule has 140 valence electrons. The van der Waals surface area contributed by atoms with Crippen molar-refractivity contribution in [2.45, 2.75) is 32.3 Å². The highest BCUT2D eigenvalue weighted by Crippen LogP contribution is 2.43. The van der Waals surface area contributed by atoms with Crippen LogP contribution in [0.3, 0.4) is 0 Å². The molecule has 0 amide bonds. The Kier molecular flexibility index (Phi) is 4.49. The van der Waals surface area contributed by atoms with Crippen LogP contribution < -0.4 is 0 Å². The van der Waals surface area contributed by atoms with Gasteiger partial charge in [-0.25, -0.2) is 4.79 Å². The van der Waals surface area contributed by atoms with Crippen LogP contribution in [-0.2, 0) is 14.3 Å². The number of rotatable bonds is 2. The van der Waals surface area contributed by atoms with E-state index >= 15 is 0 Å². The lowest BCUT2D eigenvalue weighted by Crippen LogP contribution is -2.41. The van der Waals surface area contributed by atoms with Gasteiger partial charge >= 0.3 is 5.97 Å². The van der Waals surface area contributed by atoms with E-state index in [2.05, 4.69) is 0 Å². The lowest BCUT2D eigenvalue weighted by Gasteiger charge is -2.31. The SMILES string of the molecule is Cc1cc(C)c(-c2ccc(Cl)cc2)cc1C1=C(O)C2(CCCOC2)OC1=O. The molecule has 4 rings (SSSR count). The van der Waals surface area contributed by atoms with Crippen molar-refractivity contribution < 1.29 is 19.4 Å². The molecule has 1 spiro atoms. The monoisotopic (exact) mass is 384 g/mol. The van der Waals surface area contributed by atoms with Gasteiger partial charge in [0.15, 0.2) is 11.4 Å². The van der Waals surface area contributed by atoms with Gasteiger partial charge in [0.25, 0.3) is 0 Å². The molecular formula is C22H21ClO4. The predicted molar refractivity (Wildman–Crippen MR) is 105 cm³/mol. The number of aliphatic hydroxyl groups is 1. The van der Waals surface area contributed by atoms with Gasteiger partial charge in [-0.1, -0.05) is 29.8 Å². The molecule has 2 aromatic rings. The maximum atomic E-state index is 12.7. The van der Waals surface area contributed by atoms with Crippen LogP contribution in [0.25, 0.3) is 16.7 Å². The topological polar surface area (TPSA) is 55.8 Å². The Hall–Kier alpha value is -2.30. The molecule has 0 radical (unpaired) electrons. The number of benzene rings is 2. The van der Waals surface area contributed by atoms with Crippen molar-refractivity contribution in [1.82, 2.24) is 0 Å². The minimum Gasteiger partial charge on any atom is -0.507 e. The molecule has 0 aliphatic carbocycles. The van der Waals surface area contributed by atoms with Crippen LogP contribution in [-0.4, -0.2) is 29.9 Å². The van der Waals surface area contributed by atoms with Crippen LogP contribution in [0.1, 0.15) is 29.5 Å². The number of aryl methyl sites for hydroxylation is 2. The Morgan fingerprint density at radius 2 is 1.78 bits per heavy atom. The molecule has 1 unspecified atom stereocenters. The molecule has 2 heterocycles. The minimum atomic E-state index is -1.04. The molecule has 2 aliphatic rings. The largest absolute Gasteiger partial charge is 0.507 e. The van der Waals surface area contributed by atoms with Gasteiger partial charge in [0, 0.05) is 11.6 Å². The van der Waals surface area contributed by atoms with Gasteiger partial charge in [-0.2, -0.15) is 0 Å². The number of carbonyl (C=O) groups excluding carboxylic acids is 1. The summed E-state index contributed by atoms with van der Waals surface area (Å²) in [6.07, 6.45) is 1.32. The van der Waals surface area contributed by atoms with Crippen LogP contribution in [0.4, 0.5) is 0 Å². The molecule has 1 saturated heterocycles. The van der Waals surface area contributed by atoms with Crippen molar-refractivity contribution in [2.24, 2.45) is 0 Å². The molecule has 4 nitrogen and oxygen atoms in total. The zero-order valence-electron chi connectivity index (χ0n) is 15.3. The highest BCUT2D eigenvalue weighted by atomic mass is 35.5. The van der Waals surface area contributed by atoms with Crippen molar-refractivity contribution >= 4 is 23.1 Å². The first-order valence-corrected chi connectivity index (χ1v) is 9.41. The lowest BCUT2D eigenvalue weighted by molar-refractivity contribution is -0.158. The maximum absolute atomic E-state index is 12.7. The molecule has 2 aliphatic heterocycles. The van der Waals surface area contributed by atoms with E-state index in [9.17, 15) is 9.90 Å². The van der Waals surface area contributed by atoms with E-state index < -0.39 is 11.6 Å². The molecule has 2 aromatic carbocycles. The Bertz CT molecular complexity index is 938. The standard InChI is InChI=1S/C22H21ClO4/c1-13-10-14(2)18(11-17(13)15-4-6-16(23)7-5-15)19-20(24)22(27-21(19)25)8-3-9-26-12-22/h4-7,10-11,24H,3,8-9,12H2,1-2H3. The van der Waals surface area contributed by atoms with Gasteiger partial charge < -0.3 is 14.6 Å². The summed E-state index contributed by atoms with van der Waals surface area (Å²) in [6, 6.07) is 11.5. The fourth-order valence-electron chi connectivity index (χ4n) is 3.94. The summed E-state index contributed by atoms with van der Waals surface area (Å²) in [5, 5.41) is 11.6. The molecule has 1 N–H and O–H groups in total. The van der Waals surface area contributed by atoms with E-state index in [1.54, 1.807) is 0 Å². The molecule has 0 bridgehead atoms. The van der Waals surface area contributed by atoms with E-state index in [1.807, 2.05) is 50.2 Å². The van der Waals surface area contributed by atoms with Crippen LogP contribution in [0.5, 0.6) is 0 Å². The van der Waals surface area contributed by atoms with Crippen molar-refractivity contribution in [3.05, 3.63) is 63.9 Å². The van der Waals surface area contributed by atoms with Gasteiger partial charge in [0.2, 0.25) is 0 Å².